The van der Waals surface area contributed by atoms with Crippen molar-refractivity contribution in [3.05, 3.63) is 18.1 Å². The maximum atomic E-state index is 12.6. The number of likely N-dealkylation sites (tertiary alicyclic amines) is 1. The maximum absolute atomic E-state index is 12.6. The molecule has 3 atom stereocenters. The Bertz CT molecular complexity index is 653. The lowest BCUT2D eigenvalue weighted by atomic mass is 9.85. The Balaban J connectivity index is 1.58. The highest BCUT2D eigenvalue weighted by molar-refractivity contribution is 5.82. The summed E-state index contributed by atoms with van der Waals surface area (Å²) in [6, 6.07) is 2.27. The predicted molar refractivity (Wildman–Crippen MR) is 99.5 cm³/mol. The Morgan fingerprint density at radius 3 is 2.65 bits per heavy atom. The highest BCUT2D eigenvalue weighted by Crippen LogP contribution is 2.26. The van der Waals surface area contributed by atoms with Crippen LogP contribution < -0.4 is 10.6 Å². The molecule has 2 aliphatic rings. The molecule has 0 aromatic carbocycles. The van der Waals surface area contributed by atoms with E-state index in [0.29, 0.717) is 24.7 Å². The minimum absolute atomic E-state index is 0.00458. The van der Waals surface area contributed by atoms with Gasteiger partial charge in [-0.25, -0.2) is 9.97 Å². The van der Waals surface area contributed by atoms with E-state index in [1.54, 1.807) is 6.33 Å². The van der Waals surface area contributed by atoms with E-state index in [2.05, 4.69) is 41.4 Å². The summed E-state index contributed by atoms with van der Waals surface area (Å²) in [6.45, 7) is 7.88. The van der Waals surface area contributed by atoms with Crippen LogP contribution in [-0.4, -0.2) is 51.9 Å². The number of amides is 2. The minimum atomic E-state index is 0.00458. The molecule has 0 bridgehead atoms. The molecule has 0 saturated carbocycles. The molecule has 3 rings (SSSR count). The summed E-state index contributed by atoms with van der Waals surface area (Å²) in [4.78, 5) is 34.5. The summed E-state index contributed by atoms with van der Waals surface area (Å²) in [6.07, 6.45) is 4.20. The molecule has 2 fully saturated rings. The van der Waals surface area contributed by atoms with E-state index >= 15 is 0 Å². The Morgan fingerprint density at radius 2 is 2.04 bits per heavy atom. The zero-order chi connectivity index (χ0) is 18.7. The van der Waals surface area contributed by atoms with Gasteiger partial charge in [0.15, 0.2) is 0 Å². The molecule has 26 heavy (non-hydrogen) atoms. The number of hydrogen-bond donors (Lipinski definition) is 2. The molecule has 2 amide bonds. The average Bonchev–Trinajstić information content (AvgIpc) is 3.03. The van der Waals surface area contributed by atoms with Crippen LogP contribution in [0.4, 0.5) is 5.82 Å². The fraction of sp³-hybridized carbons (Fsp3) is 0.684. The van der Waals surface area contributed by atoms with Crippen LogP contribution in [0.2, 0.25) is 0 Å². The summed E-state index contributed by atoms with van der Waals surface area (Å²) < 4.78 is 0. The second-order valence-electron chi connectivity index (χ2n) is 7.68. The van der Waals surface area contributed by atoms with E-state index in [9.17, 15) is 9.59 Å². The molecule has 0 radical (unpaired) electrons. The van der Waals surface area contributed by atoms with Crippen molar-refractivity contribution in [3.63, 3.8) is 0 Å². The summed E-state index contributed by atoms with van der Waals surface area (Å²) in [7, 11) is 0. The largest absolute Gasteiger partial charge is 0.367 e. The van der Waals surface area contributed by atoms with Gasteiger partial charge in [-0.1, -0.05) is 20.8 Å². The number of carbonyl (C=O) groups is 2. The summed E-state index contributed by atoms with van der Waals surface area (Å²) >= 11 is 0. The molecule has 142 valence electrons. The number of aromatic nitrogens is 2. The quantitative estimate of drug-likeness (QED) is 0.834. The Hall–Kier alpha value is -2.18. The Kier molecular flexibility index (Phi) is 5.74. The van der Waals surface area contributed by atoms with Crippen LogP contribution in [0.5, 0.6) is 0 Å². The van der Waals surface area contributed by atoms with E-state index < -0.39 is 0 Å². The van der Waals surface area contributed by atoms with Gasteiger partial charge in [0.05, 0.1) is 0 Å². The maximum Gasteiger partial charge on any atom is 0.224 e. The number of nitrogens with one attached hydrogen (secondary N) is 2. The first-order valence-electron chi connectivity index (χ1n) is 9.60. The number of carbonyl (C=O) groups excluding carboxylic acids is 2. The number of piperidine rings is 1. The van der Waals surface area contributed by atoms with Gasteiger partial charge >= 0.3 is 0 Å². The molecule has 2 N–H and O–H groups in total. The SMILES string of the molecule is CCc1cc(NC2C(C)CN(C(=O)CC3CCC(=O)N3)CC2C)ncn1. The van der Waals surface area contributed by atoms with Crippen LogP contribution in [-0.2, 0) is 16.0 Å². The van der Waals surface area contributed by atoms with Crippen LogP contribution in [0, 0.1) is 11.8 Å². The van der Waals surface area contributed by atoms with Crippen molar-refractivity contribution >= 4 is 17.6 Å². The average molecular weight is 359 g/mol. The van der Waals surface area contributed by atoms with Gasteiger partial charge in [-0.2, -0.15) is 0 Å². The molecule has 2 aliphatic heterocycles. The first-order chi connectivity index (χ1) is 12.5. The third-order valence-electron chi connectivity index (χ3n) is 5.50. The normalized spacial score (nSPS) is 28.7. The monoisotopic (exact) mass is 359 g/mol. The van der Waals surface area contributed by atoms with Gasteiger partial charge in [-0.3, -0.25) is 9.59 Å². The van der Waals surface area contributed by atoms with Gasteiger partial charge in [0.1, 0.15) is 12.1 Å². The molecule has 3 heterocycles. The van der Waals surface area contributed by atoms with Crippen LogP contribution in [0.1, 0.15) is 45.7 Å². The number of nitrogens with zero attached hydrogens (tertiary/aromatic N) is 3. The smallest absolute Gasteiger partial charge is 0.224 e. The lowest BCUT2D eigenvalue weighted by Crippen LogP contribution is -2.53. The van der Waals surface area contributed by atoms with Gasteiger partial charge in [0.2, 0.25) is 11.8 Å². The van der Waals surface area contributed by atoms with Crippen LogP contribution in [0.15, 0.2) is 12.4 Å². The lowest BCUT2D eigenvalue weighted by Gasteiger charge is -2.42. The molecule has 0 spiro atoms. The van der Waals surface area contributed by atoms with E-state index in [0.717, 1.165) is 37.4 Å². The van der Waals surface area contributed by atoms with Crippen molar-refractivity contribution in [1.82, 2.24) is 20.2 Å². The summed E-state index contributed by atoms with van der Waals surface area (Å²) in [5.41, 5.74) is 1.02. The molecule has 7 heteroatoms. The van der Waals surface area contributed by atoms with Crippen molar-refractivity contribution in [2.45, 2.75) is 58.5 Å². The molecule has 2 saturated heterocycles. The third-order valence-corrected chi connectivity index (χ3v) is 5.50. The highest BCUT2D eigenvalue weighted by Gasteiger charge is 2.35. The minimum Gasteiger partial charge on any atom is -0.367 e. The second kappa shape index (κ2) is 8.01. The van der Waals surface area contributed by atoms with Gasteiger partial charge in [0.25, 0.3) is 0 Å². The molecular formula is C19H29N5O2. The van der Waals surface area contributed by atoms with Gasteiger partial charge in [-0.05, 0) is 24.7 Å². The fourth-order valence-electron chi connectivity index (χ4n) is 4.06. The van der Waals surface area contributed by atoms with Gasteiger partial charge < -0.3 is 15.5 Å². The standard InChI is InChI=1S/C19H29N5O2/c1-4-14-7-16(21-11-20-14)23-19-12(2)9-24(10-13(19)3)18(26)8-15-5-6-17(25)22-15/h7,11-13,15,19H,4-6,8-10H2,1-3H3,(H,22,25)(H,20,21,23). The first kappa shape index (κ1) is 18.6. The Labute approximate surface area is 155 Å². The van der Waals surface area contributed by atoms with Crippen molar-refractivity contribution in [3.8, 4) is 0 Å². The van der Waals surface area contributed by atoms with Crippen molar-refractivity contribution < 1.29 is 9.59 Å². The van der Waals surface area contributed by atoms with Crippen LogP contribution >= 0.6 is 0 Å². The topological polar surface area (TPSA) is 87.2 Å². The highest BCUT2D eigenvalue weighted by atomic mass is 16.2. The second-order valence-corrected chi connectivity index (χ2v) is 7.68. The zero-order valence-electron chi connectivity index (χ0n) is 15.9. The van der Waals surface area contributed by atoms with Gasteiger partial charge in [-0.15, -0.1) is 0 Å². The molecule has 0 aliphatic carbocycles. The van der Waals surface area contributed by atoms with Crippen LogP contribution in [0.25, 0.3) is 0 Å². The molecule has 1 aromatic rings. The number of rotatable bonds is 5. The van der Waals surface area contributed by atoms with Crippen molar-refractivity contribution in [1.29, 1.82) is 0 Å². The number of anilines is 1. The lowest BCUT2D eigenvalue weighted by molar-refractivity contribution is -0.134. The summed E-state index contributed by atoms with van der Waals surface area (Å²) in [5, 5.41) is 6.43. The van der Waals surface area contributed by atoms with E-state index in [-0.39, 0.29) is 23.9 Å². The molecule has 7 nitrogen and oxygen atoms in total. The summed E-state index contributed by atoms with van der Waals surface area (Å²) in [5.74, 6) is 1.70. The Morgan fingerprint density at radius 1 is 1.31 bits per heavy atom. The first-order valence-corrected chi connectivity index (χ1v) is 9.60. The van der Waals surface area contributed by atoms with E-state index in [4.69, 9.17) is 0 Å². The molecular weight excluding hydrogens is 330 g/mol. The predicted octanol–water partition coefficient (Wildman–Crippen LogP) is 1.60. The number of aryl methyl sites for hydroxylation is 1. The molecule has 1 aromatic heterocycles. The van der Waals surface area contributed by atoms with Crippen molar-refractivity contribution in [2.75, 3.05) is 18.4 Å². The molecule has 3 unspecified atom stereocenters. The number of hydrogen-bond acceptors (Lipinski definition) is 5. The fourth-order valence-corrected chi connectivity index (χ4v) is 4.06. The van der Waals surface area contributed by atoms with E-state index in [1.807, 2.05) is 11.0 Å². The third kappa shape index (κ3) is 4.31. The van der Waals surface area contributed by atoms with E-state index in [1.165, 1.54) is 0 Å². The van der Waals surface area contributed by atoms with Crippen LogP contribution in [0.3, 0.4) is 0 Å². The van der Waals surface area contributed by atoms with Gasteiger partial charge in [0, 0.05) is 49.8 Å². The van der Waals surface area contributed by atoms with Crippen molar-refractivity contribution in [2.24, 2.45) is 11.8 Å². The zero-order valence-corrected chi connectivity index (χ0v) is 15.9.